The molecule has 0 atom stereocenters. The number of aromatic nitrogens is 4. The van der Waals surface area contributed by atoms with Crippen LogP contribution in [0.4, 0.5) is 17.5 Å². The Morgan fingerprint density at radius 1 is 1.10 bits per heavy atom. The molecule has 5 aromatic rings. The molecule has 0 aromatic carbocycles. The summed E-state index contributed by atoms with van der Waals surface area (Å²) in [6.45, 7) is 2.57. The van der Waals surface area contributed by atoms with Gasteiger partial charge in [-0.25, -0.2) is 4.98 Å². The minimum Gasteiger partial charge on any atom is -0.439 e. The van der Waals surface area contributed by atoms with Gasteiger partial charge in [-0.2, -0.15) is 4.98 Å². The van der Waals surface area contributed by atoms with E-state index in [0.29, 0.717) is 59.8 Å². The van der Waals surface area contributed by atoms with Crippen molar-refractivity contribution in [1.82, 2.24) is 24.4 Å². The second kappa shape index (κ2) is 10.8. The van der Waals surface area contributed by atoms with Crippen molar-refractivity contribution in [3.63, 3.8) is 0 Å². The topological polar surface area (TPSA) is 119 Å². The number of pyridine rings is 1. The maximum atomic E-state index is 13.0. The van der Waals surface area contributed by atoms with Crippen molar-refractivity contribution in [3.05, 3.63) is 58.0 Å². The van der Waals surface area contributed by atoms with Gasteiger partial charge in [-0.1, -0.05) is 12.8 Å². The van der Waals surface area contributed by atoms with Crippen molar-refractivity contribution in [3.8, 4) is 11.3 Å². The molecule has 0 radical (unpaired) electrons. The van der Waals surface area contributed by atoms with Crippen LogP contribution in [0.2, 0.25) is 0 Å². The van der Waals surface area contributed by atoms with Crippen molar-refractivity contribution in [1.29, 1.82) is 0 Å². The molecule has 2 aliphatic rings. The number of hydrogen-bond donors (Lipinski definition) is 1. The van der Waals surface area contributed by atoms with E-state index in [2.05, 4.69) is 19.9 Å². The van der Waals surface area contributed by atoms with Gasteiger partial charge in [0, 0.05) is 56.3 Å². The van der Waals surface area contributed by atoms with Gasteiger partial charge in [0.05, 0.1) is 36.4 Å². The summed E-state index contributed by atoms with van der Waals surface area (Å²) in [6.07, 6.45) is 7.82. The van der Waals surface area contributed by atoms with E-state index in [1.54, 1.807) is 37.5 Å². The second-order valence-electron chi connectivity index (χ2n) is 10.9. The Hall–Kier alpha value is -4.29. The van der Waals surface area contributed by atoms with E-state index in [1.165, 1.54) is 11.3 Å². The molecular weight excluding hydrogens is 554 g/mol. The number of rotatable bonds is 6. The predicted molar refractivity (Wildman–Crippen MR) is 163 cm³/mol. The summed E-state index contributed by atoms with van der Waals surface area (Å²) < 4.78 is 14.3. The molecule has 216 valence electrons. The van der Waals surface area contributed by atoms with Gasteiger partial charge in [0.1, 0.15) is 16.0 Å². The summed E-state index contributed by atoms with van der Waals surface area (Å²) in [5, 5.41) is 6.02. The van der Waals surface area contributed by atoms with Crippen molar-refractivity contribution in [2.24, 2.45) is 0 Å². The molecule has 1 amide bonds. The highest BCUT2D eigenvalue weighted by molar-refractivity contribution is 7.17. The molecule has 0 spiro atoms. The maximum absolute atomic E-state index is 13.0. The van der Waals surface area contributed by atoms with Gasteiger partial charge in [0.2, 0.25) is 11.4 Å². The number of carbonyl (C=O) groups is 1. The lowest BCUT2D eigenvalue weighted by molar-refractivity contribution is 0.0815. The Morgan fingerprint density at radius 2 is 1.90 bits per heavy atom. The summed E-state index contributed by atoms with van der Waals surface area (Å²) in [7, 11) is 3.54. The van der Waals surface area contributed by atoms with Crippen LogP contribution in [0.25, 0.3) is 32.6 Å². The number of fused-ring (bicyclic) bond motifs is 2. The van der Waals surface area contributed by atoms with Crippen LogP contribution in [0.5, 0.6) is 0 Å². The number of carbonyl (C=O) groups excluding carboxylic acids is 1. The fraction of sp³-hybridized carbons (Fsp3) is 0.367. The number of anilines is 3. The molecule has 5 aromatic heterocycles. The van der Waals surface area contributed by atoms with Crippen LogP contribution >= 0.6 is 11.3 Å². The predicted octanol–water partition coefficient (Wildman–Crippen LogP) is 5.06. The molecular formula is C30H31N7O4S. The van der Waals surface area contributed by atoms with Gasteiger partial charge in [0.15, 0.2) is 11.5 Å². The van der Waals surface area contributed by atoms with E-state index in [4.69, 9.17) is 14.1 Å². The van der Waals surface area contributed by atoms with E-state index in [0.717, 1.165) is 48.0 Å². The molecule has 6 heterocycles. The van der Waals surface area contributed by atoms with Gasteiger partial charge >= 0.3 is 0 Å². The first-order chi connectivity index (χ1) is 20.5. The van der Waals surface area contributed by atoms with Crippen molar-refractivity contribution >= 4 is 56.1 Å². The Morgan fingerprint density at radius 3 is 2.64 bits per heavy atom. The molecule has 1 aliphatic carbocycles. The van der Waals surface area contributed by atoms with E-state index < -0.39 is 0 Å². The molecule has 42 heavy (non-hydrogen) atoms. The third-order valence-electron chi connectivity index (χ3n) is 7.94. The molecule has 1 N–H and O–H groups in total. The SMILES string of the molecule is CN(C)C(=O)c1cc2cnc(Nc3ccc(-c4csc5c(=O)cc(N6CCOCC6)oc45)nc3)nc2n1C1CCCC1. The molecule has 1 saturated carbocycles. The number of thiophene rings is 1. The summed E-state index contributed by atoms with van der Waals surface area (Å²) in [6, 6.07) is 7.49. The van der Waals surface area contributed by atoms with Crippen LogP contribution in [0.15, 0.2) is 51.3 Å². The highest BCUT2D eigenvalue weighted by Crippen LogP contribution is 2.36. The van der Waals surface area contributed by atoms with E-state index in [1.807, 2.05) is 28.5 Å². The Bertz CT molecular complexity index is 1830. The Kier molecular flexibility index (Phi) is 6.87. The lowest BCUT2D eigenvalue weighted by atomic mass is 10.2. The van der Waals surface area contributed by atoms with Gasteiger partial charge in [-0.15, -0.1) is 11.3 Å². The molecule has 0 unspecified atom stereocenters. The van der Waals surface area contributed by atoms with Gasteiger partial charge in [-0.3, -0.25) is 14.6 Å². The fourth-order valence-corrected chi connectivity index (χ4v) is 6.69. The van der Waals surface area contributed by atoms with Crippen LogP contribution in [-0.2, 0) is 4.74 Å². The van der Waals surface area contributed by atoms with Gasteiger partial charge in [-0.05, 0) is 31.0 Å². The lowest BCUT2D eigenvalue weighted by Crippen LogP contribution is -2.36. The van der Waals surface area contributed by atoms with E-state index in [9.17, 15) is 9.59 Å². The van der Waals surface area contributed by atoms with Crippen LogP contribution in [0, 0.1) is 0 Å². The number of amides is 1. The monoisotopic (exact) mass is 585 g/mol. The maximum Gasteiger partial charge on any atom is 0.270 e. The molecule has 0 bridgehead atoms. The first-order valence-corrected chi connectivity index (χ1v) is 15.1. The normalized spacial score (nSPS) is 16.0. The summed E-state index contributed by atoms with van der Waals surface area (Å²) >= 11 is 1.36. The Balaban J connectivity index is 1.18. The highest BCUT2D eigenvalue weighted by Gasteiger charge is 2.26. The fourth-order valence-electron chi connectivity index (χ4n) is 5.80. The number of ether oxygens (including phenoxy) is 1. The number of hydrogen-bond acceptors (Lipinski definition) is 10. The van der Waals surface area contributed by atoms with Crippen molar-refractivity contribution < 1.29 is 13.9 Å². The zero-order valence-electron chi connectivity index (χ0n) is 23.5. The van der Waals surface area contributed by atoms with Gasteiger partial charge < -0.3 is 28.8 Å². The first-order valence-electron chi connectivity index (χ1n) is 14.2. The Labute approximate surface area is 245 Å². The third-order valence-corrected chi connectivity index (χ3v) is 8.92. The highest BCUT2D eigenvalue weighted by atomic mass is 32.1. The number of morpholine rings is 1. The quantitative estimate of drug-likeness (QED) is 0.292. The second-order valence-corrected chi connectivity index (χ2v) is 11.8. The van der Waals surface area contributed by atoms with Crippen molar-refractivity contribution in [2.75, 3.05) is 50.6 Å². The van der Waals surface area contributed by atoms with Crippen molar-refractivity contribution in [2.45, 2.75) is 31.7 Å². The smallest absolute Gasteiger partial charge is 0.270 e. The third kappa shape index (κ3) is 4.80. The standard InChI is InChI=1S/C30H31N7O4S/c1-35(2)29(39)23-13-18-15-32-30(34-28(18)37(23)20-5-3-4-6-20)33-19-7-8-22(31-16-19)21-17-42-27-24(38)14-25(41-26(21)27)36-9-11-40-12-10-36/h7-8,13-17,20H,3-6,9-12H2,1-2H3,(H,32,33,34). The van der Waals surface area contributed by atoms with Crippen LogP contribution in [0.3, 0.4) is 0 Å². The minimum absolute atomic E-state index is 0.0388. The number of nitrogens with one attached hydrogen (secondary N) is 1. The molecule has 7 rings (SSSR count). The molecule has 1 saturated heterocycles. The van der Waals surface area contributed by atoms with E-state index in [-0.39, 0.29) is 17.4 Å². The average Bonchev–Trinajstić information content (AvgIpc) is 3.76. The average molecular weight is 586 g/mol. The summed E-state index contributed by atoms with van der Waals surface area (Å²) in [5.74, 6) is 0.947. The molecule has 2 fully saturated rings. The van der Waals surface area contributed by atoms with Gasteiger partial charge in [0.25, 0.3) is 5.91 Å². The number of nitrogens with zero attached hydrogens (tertiary/aromatic N) is 6. The van der Waals surface area contributed by atoms with Crippen LogP contribution in [-0.4, -0.2) is 70.7 Å². The molecule has 11 nitrogen and oxygen atoms in total. The first kappa shape index (κ1) is 26.6. The lowest BCUT2D eigenvalue weighted by Gasteiger charge is -2.27. The zero-order valence-corrected chi connectivity index (χ0v) is 24.3. The summed E-state index contributed by atoms with van der Waals surface area (Å²) in [4.78, 5) is 43.5. The molecule has 12 heteroatoms. The zero-order chi connectivity index (χ0) is 28.8. The summed E-state index contributed by atoms with van der Waals surface area (Å²) in [5.41, 5.74) is 4.09. The minimum atomic E-state index is -0.0578. The largest absolute Gasteiger partial charge is 0.439 e. The molecule has 1 aliphatic heterocycles. The van der Waals surface area contributed by atoms with Crippen LogP contribution in [0.1, 0.15) is 42.2 Å². The van der Waals surface area contributed by atoms with Crippen LogP contribution < -0.4 is 15.6 Å². The van der Waals surface area contributed by atoms with E-state index >= 15 is 0 Å².